The minimum atomic E-state index is -2.82. The van der Waals surface area contributed by atoms with Gasteiger partial charge in [-0.1, -0.05) is 19.9 Å². The summed E-state index contributed by atoms with van der Waals surface area (Å²) in [5.41, 5.74) is 1.90. The third-order valence-electron chi connectivity index (χ3n) is 4.25. The molecule has 0 unspecified atom stereocenters. The maximum atomic E-state index is 13.4. The average Bonchev–Trinajstić information content (AvgIpc) is 3.18. The molecular weight excluding hydrogens is 335 g/mol. The first kappa shape index (κ1) is 18.4. The van der Waals surface area contributed by atoms with E-state index in [9.17, 15) is 13.6 Å². The Labute approximate surface area is 153 Å². The monoisotopic (exact) mass is 354 g/mol. The van der Waals surface area contributed by atoms with Crippen molar-refractivity contribution in [3.05, 3.63) is 36.3 Å². The Morgan fingerprint density at radius 2 is 1.88 bits per heavy atom. The number of benzene rings is 1. The fourth-order valence-electron chi connectivity index (χ4n) is 2.76. The van der Waals surface area contributed by atoms with Crippen LogP contribution in [-0.4, -0.2) is 48.9 Å². The molecule has 0 radical (unpaired) electrons. The van der Waals surface area contributed by atoms with Gasteiger partial charge in [0.25, 0.3) is 0 Å². The molecule has 10 heteroatoms. The summed E-state index contributed by atoms with van der Waals surface area (Å²) in [7, 11) is 6.09. The molecule has 0 aliphatic carbocycles. The highest BCUT2D eigenvalue weighted by atomic mass is 19.3. The molecule has 132 valence electrons. The van der Waals surface area contributed by atoms with Crippen LogP contribution in [0.1, 0.15) is 30.9 Å². The first-order chi connectivity index (χ1) is 12.1. The van der Waals surface area contributed by atoms with E-state index in [4.69, 9.17) is 0 Å². The normalized spacial score (nSPS) is 12.4. The van der Waals surface area contributed by atoms with Crippen molar-refractivity contribution in [2.45, 2.75) is 25.6 Å². The topological polar surface area (TPSA) is 52.7 Å². The predicted molar refractivity (Wildman–Crippen MR) is 105 cm³/mol. The molecule has 3 rings (SSSR count). The summed E-state index contributed by atoms with van der Waals surface area (Å²) in [6, 6.07) is 5.12. The highest BCUT2D eigenvalue weighted by Crippen LogP contribution is 2.30. The summed E-state index contributed by atoms with van der Waals surface area (Å²) in [6.45, 7) is 0.633. The number of carbonyl (C=O) groups is 1. The van der Waals surface area contributed by atoms with Crippen molar-refractivity contribution < 1.29 is 13.6 Å². The summed E-state index contributed by atoms with van der Waals surface area (Å²) >= 11 is 0. The summed E-state index contributed by atoms with van der Waals surface area (Å²) in [6.07, 6.45) is 3.58. The lowest BCUT2D eigenvalue weighted by atomic mass is 9.49. The molecule has 0 aliphatic heterocycles. The number of fused-ring (bicyclic) bond motifs is 1. The first-order valence-electron chi connectivity index (χ1n) is 8.49. The number of rotatable bonds is 5. The maximum absolute atomic E-state index is 13.4. The van der Waals surface area contributed by atoms with E-state index >= 15 is 0 Å². The van der Waals surface area contributed by atoms with Crippen molar-refractivity contribution in [3.8, 4) is 11.1 Å². The highest BCUT2D eigenvalue weighted by molar-refractivity contribution is 6.56. The number of carbonyl (C=O) groups excluding carboxylic acids is 1. The van der Waals surface area contributed by atoms with E-state index in [1.807, 2.05) is 34.4 Å². The van der Waals surface area contributed by atoms with Gasteiger partial charge < -0.3 is 0 Å². The van der Waals surface area contributed by atoms with Gasteiger partial charge >= 0.3 is 6.55 Å². The molecule has 0 spiro atoms. The van der Waals surface area contributed by atoms with Gasteiger partial charge in [-0.3, -0.25) is 9.48 Å². The Kier molecular flexibility index (Phi) is 4.54. The second kappa shape index (κ2) is 6.41. The predicted octanol–water partition coefficient (Wildman–Crippen LogP) is 0.601. The SMILES string of the molecule is BC(B)(B)n1cc(-c2ccc3c(C(=O)C(C)C)nn(C(F)F)c3c2)cn1. The third kappa shape index (κ3) is 3.20. The third-order valence-corrected chi connectivity index (χ3v) is 4.25. The van der Waals surface area contributed by atoms with E-state index in [1.165, 1.54) is 0 Å². The van der Waals surface area contributed by atoms with Crippen LogP contribution >= 0.6 is 0 Å². The van der Waals surface area contributed by atoms with Crippen LogP contribution in [0.25, 0.3) is 22.0 Å². The Morgan fingerprint density at radius 3 is 2.42 bits per heavy atom. The number of halogens is 2. The minimum Gasteiger partial charge on any atom is -0.292 e. The lowest BCUT2D eigenvalue weighted by molar-refractivity contribution is 0.0607. The first-order valence-corrected chi connectivity index (χ1v) is 8.49. The van der Waals surface area contributed by atoms with E-state index < -0.39 is 6.55 Å². The van der Waals surface area contributed by atoms with Crippen LogP contribution in [0.5, 0.6) is 0 Å². The molecule has 5 nitrogen and oxygen atoms in total. The smallest absolute Gasteiger partial charge is 0.292 e. The highest BCUT2D eigenvalue weighted by Gasteiger charge is 2.23. The van der Waals surface area contributed by atoms with Gasteiger partial charge in [0.1, 0.15) is 29.2 Å². The molecule has 0 atom stereocenters. The van der Waals surface area contributed by atoms with E-state index in [0.29, 0.717) is 10.1 Å². The van der Waals surface area contributed by atoms with Crippen LogP contribution in [0.2, 0.25) is 0 Å². The minimum absolute atomic E-state index is 0.0900. The number of aromatic nitrogens is 4. The fourth-order valence-corrected chi connectivity index (χ4v) is 2.76. The van der Waals surface area contributed by atoms with Crippen molar-refractivity contribution >= 4 is 40.2 Å². The van der Waals surface area contributed by atoms with Crippen LogP contribution < -0.4 is 0 Å². The molecule has 0 N–H and O–H groups in total. The molecule has 0 amide bonds. The van der Waals surface area contributed by atoms with Crippen LogP contribution in [0.3, 0.4) is 0 Å². The standard InChI is InChI=1S/C16H19B3F2N4O/c1-8(2)14(26)13-11-4-3-9(5-12(11)25(23-13)15(20)21)10-6-22-24(7-10)16(17,18)19/h3-8,15H,17-19H2,1-2H3. The largest absolute Gasteiger partial charge is 0.333 e. The molecule has 0 bridgehead atoms. The molecule has 0 aliphatic rings. The zero-order valence-electron chi connectivity index (χ0n) is 15.5. The molecule has 0 saturated heterocycles. The Bertz CT molecular complexity index is 976. The Hall–Kier alpha value is -2.38. The fraction of sp³-hybridized carbons (Fsp3) is 0.312. The summed E-state index contributed by atoms with van der Waals surface area (Å²) in [4.78, 5) is 12.3. The molecule has 2 aromatic heterocycles. The molecule has 0 saturated carbocycles. The zero-order valence-corrected chi connectivity index (χ0v) is 15.5. The number of ketones is 1. The maximum Gasteiger partial charge on any atom is 0.333 e. The van der Waals surface area contributed by atoms with Gasteiger partial charge in [-0.25, -0.2) is 4.68 Å². The molecule has 3 aromatic rings. The van der Waals surface area contributed by atoms with Crippen LogP contribution in [0, 0.1) is 5.92 Å². The number of nitrogens with zero attached hydrogens (tertiary/aromatic N) is 4. The van der Waals surface area contributed by atoms with Crippen LogP contribution in [0.15, 0.2) is 30.6 Å². The van der Waals surface area contributed by atoms with Gasteiger partial charge in [0.15, 0.2) is 5.78 Å². The summed E-state index contributed by atoms with van der Waals surface area (Å²) in [5.74, 6) is -0.563. The summed E-state index contributed by atoms with van der Waals surface area (Å²) < 4.78 is 29.3. The summed E-state index contributed by atoms with van der Waals surface area (Å²) in [5, 5.41) is 8.50. The lowest BCUT2D eigenvalue weighted by Gasteiger charge is -2.18. The zero-order chi connectivity index (χ0) is 19.2. The number of alkyl halides is 2. The van der Waals surface area contributed by atoms with Crippen molar-refractivity contribution in [3.63, 3.8) is 0 Å². The van der Waals surface area contributed by atoms with E-state index in [-0.39, 0.29) is 28.1 Å². The molecule has 1 aromatic carbocycles. The van der Waals surface area contributed by atoms with E-state index in [2.05, 4.69) is 10.2 Å². The van der Waals surface area contributed by atoms with Gasteiger partial charge in [0.05, 0.1) is 11.7 Å². The number of hydrogen-bond donors (Lipinski definition) is 0. The van der Waals surface area contributed by atoms with Crippen molar-refractivity contribution in [2.75, 3.05) is 0 Å². The molecule has 0 fully saturated rings. The van der Waals surface area contributed by atoms with Gasteiger partial charge in [-0.05, 0) is 22.9 Å². The van der Waals surface area contributed by atoms with Crippen LogP contribution in [0.4, 0.5) is 8.78 Å². The Balaban J connectivity index is 2.15. The van der Waals surface area contributed by atoms with Crippen LogP contribution in [-0.2, 0) is 5.24 Å². The molecule has 2 heterocycles. The molecular formula is C16H19B3F2N4O. The van der Waals surface area contributed by atoms with Crippen molar-refractivity contribution in [1.29, 1.82) is 0 Å². The second-order valence-corrected chi connectivity index (χ2v) is 7.67. The second-order valence-electron chi connectivity index (χ2n) is 7.67. The van der Waals surface area contributed by atoms with E-state index in [0.717, 1.165) is 11.1 Å². The average molecular weight is 354 g/mol. The van der Waals surface area contributed by atoms with Crippen molar-refractivity contribution in [2.24, 2.45) is 5.92 Å². The number of Topliss-reactive ketones (excluding diaryl/α,β-unsaturated/α-hetero) is 1. The quantitative estimate of drug-likeness (QED) is 0.498. The van der Waals surface area contributed by atoms with Crippen molar-refractivity contribution in [1.82, 2.24) is 19.6 Å². The molecule has 26 heavy (non-hydrogen) atoms. The lowest BCUT2D eigenvalue weighted by Crippen LogP contribution is -2.35. The van der Waals surface area contributed by atoms with Gasteiger partial charge in [0, 0.05) is 23.1 Å². The number of hydrogen-bond acceptors (Lipinski definition) is 3. The van der Waals surface area contributed by atoms with Gasteiger partial charge in [0.2, 0.25) is 0 Å². The van der Waals surface area contributed by atoms with Gasteiger partial charge in [-0.2, -0.15) is 19.0 Å². The van der Waals surface area contributed by atoms with E-state index in [1.54, 1.807) is 38.2 Å². The van der Waals surface area contributed by atoms with Gasteiger partial charge in [-0.15, -0.1) is 0 Å². The Morgan fingerprint density at radius 1 is 1.19 bits per heavy atom.